The molecule has 1 aromatic carbocycles. The molecule has 0 aromatic heterocycles. The highest BCUT2D eigenvalue weighted by atomic mass is 35.7. The maximum absolute atomic E-state index is 11.2. The van der Waals surface area contributed by atoms with Crippen LogP contribution in [-0.4, -0.2) is 8.42 Å². The maximum atomic E-state index is 11.2. The fourth-order valence-corrected chi connectivity index (χ4v) is 2.40. The van der Waals surface area contributed by atoms with E-state index in [2.05, 4.69) is 0 Å². The van der Waals surface area contributed by atoms with Crippen molar-refractivity contribution in [3.8, 4) is 0 Å². The fourth-order valence-electron chi connectivity index (χ4n) is 1.16. The van der Waals surface area contributed by atoms with Crippen LogP contribution in [0.15, 0.2) is 40.3 Å². The zero-order valence-electron chi connectivity index (χ0n) is 8.07. The molecule has 0 spiro atoms. The van der Waals surface area contributed by atoms with Crippen molar-refractivity contribution in [3.05, 3.63) is 40.9 Å². The van der Waals surface area contributed by atoms with Crippen LogP contribution >= 0.6 is 22.3 Å². The summed E-state index contributed by atoms with van der Waals surface area (Å²) in [6.07, 6.45) is 2.19. The van der Waals surface area contributed by atoms with E-state index >= 15 is 0 Å². The first-order chi connectivity index (χ1) is 6.91. The molecule has 0 saturated carbocycles. The van der Waals surface area contributed by atoms with Gasteiger partial charge in [0.15, 0.2) is 0 Å². The van der Waals surface area contributed by atoms with E-state index < -0.39 is 9.05 Å². The van der Waals surface area contributed by atoms with Gasteiger partial charge in [0.1, 0.15) is 0 Å². The molecular formula is C10H10Cl2O2S. The zero-order chi connectivity index (χ0) is 11.5. The average molecular weight is 265 g/mol. The van der Waals surface area contributed by atoms with E-state index in [1.54, 1.807) is 31.2 Å². The largest absolute Gasteiger partial charge is 0.261 e. The SMILES string of the molecule is C/C(Cl)=C/Cc1ccccc1S(=O)(=O)Cl. The van der Waals surface area contributed by atoms with Gasteiger partial charge in [-0.3, -0.25) is 0 Å². The summed E-state index contributed by atoms with van der Waals surface area (Å²) in [5.41, 5.74) is 0.646. The first-order valence-electron chi connectivity index (χ1n) is 4.26. The Morgan fingerprint density at radius 2 is 2.00 bits per heavy atom. The van der Waals surface area contributed by atoms with Crippen molar-refractivity contribution in [1.82, 2.24) is 0 Å². The van der Waals surface area contributed by atoms with Crippen molar-refractivity contribution < 1.29 is 8.42 Å². The van der Waals surface area contributed by atoms with Crippen molar-refractivity contribution >= 4 is 31.3 Å². The van der Waals surface area contributed by atoms with Gasteiger partial charge in [-0.1, -0.05) is 35.9 Å². The summed E-state index contributed by atoms with van der Waals surface area (Å²) in [6, 6.07) is 6.59. The third-order valence-electron chi connectivity index (χ3n) is 1.84. The van der Waals surface area contributed by atoms with Crippen LogP contribution < -0.4 is 0 Å². The molecule has 15 heavy (non-hydrogen) atoms. The van der Waals surface area contributed by atoms with Crippen LogP contribution in [0.1, 0.15) is 12.5 Å². The van der Waals surface area contributed by atoms with E-state index in [9.17, 15) is 8.42 Å². The third-order valence-corrected chi connectivity index (χ3v) is 3.42. The van der Waals surface area contributed by atoms with Gasteiger partial charge < -0.3 is 0 Å². The second kappa shape index (κ2) is 5.01. The Hall–Kier alpha value is -0.510. The van der Waals surface area contributed by atoms with E-state index in [0.717, 1.165) is 0 Å². The molecule has 2 nitrogen and oxygen atoms in total. The number of rotatable bonds is 3. The van der Waals surface area contributed by atoms with Gasteiger partial charge in [0.05, 0.1) is 4.90 Å². The van der Waals surface area contributed by atoms with E-state index in [1.165, 1.54) is 6.07 Å². The van der Waals surface area contributed by atoms with Crippen LogP contribution in [-0.2, 0) is 15.5 Å². The van der Waals surface area contributed by atoms with Crippen LogP contribution in [0.4, 0.5) is 0 Å². The lowest BCUT2D eigenvalue weighted by molar-refractivity contribution is 0.609. The standard InChI is InChI=1S/C10H10Cl2O2S/c1-8(11)6-7-9-4-2-3-5-10(9)15(12,13)14/h2-6H,7H2,1H3/b8-6-. The summed E-state index contributed by atoms with van der Waals surface area (Å²) in [6.45, 7) is 1.74. The molecule has 0 N–H and O–H groups in total. The predicted octanol–water partition coefficient (Wildman–Crippen LogP) is 3.30. The van der Waals surface area contributed by atoms with E-state index in [0.29, 0.717) is 17.0 Å². The summed E-state index contributed by atoms with van der Waals surface area (Å²) in [7, 11) is 1.62. The van der Waals surface area contributed by atoms with Crippen molar-refractivity contribution in [3.63, 3.8) is 0 Å². The Morgan fingerprint density at radius 3 is 2.53 bits per heavy atom. The summed E-state index contributed by atoms with van der Waals surface area (Å²) >= 11 is 5.67. The van der Waals surface area contributed by atoms with Gasteiger partial charge in [0.25, 0.3) is 9.05 Å². The minimum Gasteiger partial charge on any atom is -0.207 e. The highest BCUT2D eigenvalue weighted by molar-refractivity contribution is 8.13. The topological polar surface area (TPSA) is 34.1 Å². The molecule has 0 aliphatic heterocycles. The van der Waals surface area contributed by atoms with Crippen molar-refractivity contribution in [1.29, 1.82) is 0 Å². The quantitative estimate of drug-likeness (QED) is 0.786. The predicted molar refractivity (Wildman–Crippen MR) is 62.8 cm³/mol. The van der Waals surface area contributed by atoms with Crippen LogP contribution in [0, 0.1) is 0 Å². The third kappa shape index (κ3) is 3.86. The molecule has 0 fully saturated rings. The van der Waals surface area contributed by atoms with Crippen molar-refractivity contribution in [2.45, 2.75) is 18.2 Å². The van der Waals surface area contributed by atoms with Crippen LogP contribution in [0.5, 0.6) is 0 Å². The lowest BCUT2D eigenvalue weighted by atomic mass is 10.1. The Labute approximate surface area is 98.9 Å². The minimum atomic E-state index is -3.68. The second-order valence-corrected chi connectivity index (χ2v) is 6.17. The second-order valence-electron chi connectivity index (χ2n) is 3.04. The first-order valence-corrected chi connectivity index (χ1v) is 6.95. The zero-order valence-corrected chi connectivity index (χ0v) is 10.4. The highest BCUT2D eigenvalue weighted by Crippen LogP contribution is 2.20. The van der Waals surface area contributed by atoms with Crippen molar-refractivity contribution in [2.75, 3.05) is 0 Å². The van der Waals surface area contributed by atoms with Gasteiger partial charge in [-0.25, -0.2) is 8.42 Å². The summed E-state index contributed by atoms with van der Waals surface area (Å²) in [5.74, 6) is 0. The van der Waals surface area contributed by atoms with Crippen LogP contribution in [0.25, 0.3) is 0 Å². The van der Waals surface area contributed by atoms with Gasteiger partial charge in [-0.15, -0.1) is 0 Å². The summed E-state index contributed by atoms with van der Waals surface area (Å²) < 4.78 is 22.4. The van der Waals surface area contributed by atoms with Crippen LogP contribution in [0.3, 0.4) is 0 Å². The van der Waals surface area contributed by atoms with Gasteiger partial charge in [-0.2, -0.15) is 0 Å². The van der Waals surface area contributed by atoms with E-state index in [-0.39, 0.29) is 4.90 Å². The number of hydrogen-bond donors (Lipinski definition) is 0. The molecule has 0 heterocycles. The summed E-state index contributed by atoms with van der Waals surface area (Å²) in [4.78, 5) is 0.140. The molecule has 0 amide bonds. The average Bonchev–Trinajstić information content (AvgIpc) is 2.13. The molecule has 5 heteroatoms. The molecule has 0 unspecified atom stereocenters. The lowest BCUT2D eigenvalue weighted by Gasteiger charge is -2.03. The monoisotopic (exact) mass is 264 g/mol. The smallest absolute Gasteiger partial charge is 0.207 e. The fraction of sp³-hybridized carbons (Fsp3) is 0.200. The molecule has 82 valence electrons. The van der Waals surface area contributed by atoms with Crippen molar-refractivity contribution in [2.24, 2.45) is 0 Å². The van der Waals surface area contributed by atoms with E-state index in [4.69, 9.17) is 22.3 Å². The number of halogens is 2. The molecule has 1 rings (SSSR count). The molecule has 0 radical (unpaired) electrons. The first kappa shape index (κ1) is 12.6. The van der Waals surface area contributed by atoms with E-state index in [1.807, 2.05) is 0 Å². The normalized spacial score (nSPS) is 12.9. The molecule has 0 bridgehead atoms. The van der Waals surface area contributed by atoms with Gasteiger partial charge >= 0.3 is 0 Å². The number of benzene rings is 1. The minimum absolute atomic E-state index is 0.140. The van der Waals surface area contributed by atoms with Gasteiger partial charge in [-0.05, 0) is 25.0 Å². The Morgan fingerprint density at radius 1 is 1.40 bits per heavy atom. The Balaban J connectivity index is 3.14. The van der Waals surface area contributed by atoms with Gasteiger partial charge in [0.2, 0.25) is 0 Å². The number of hydrogen-bond acceptors (Lipinski definition) is 2. The molecular weight excluding hydrogens is 255 g/mol. The highest BCUT2D eigenvalue weighted by Gasteiger charge is 2.13. The Bertz CT molecular complexity index is 474. The molecule has 0 atom stereocenters. The summed E-state index contributed by atoms with van der Waals surface area (Å²) in [5, 5.41) is 0.622. The van der Waals surface area contributed by atoms with Gasteiger partial charge in [0, 0.05) is 15.7 Å². The molecule has 1 aromatic rings. The maximum Gasteiger partial charge on any atom is 0.261 e. The number of allylic oxidation sites excluding steroid dienone is 2. The van der Waals surface area contributed by atoms with Crippen LogP contribution in [0.2, 0.25) is 0 Å². The lowest BCUT2D eigenvalue weighted by Crippen LogP contribution is -1.96. The molecule has 0 aliphatic rings. The Kier molecular flexibility index (Phi) is 4.20. The molecule has 0 aliphatic carbocycles. The molecule has 0 saturated heterocycles.